The van der Waals surface area contributed by atoms with E-state index >= 15 is 0 Å². The number of benzene rings is 2. The fraction of sp³-hybridized carbons (Fsp3) is 0.182. The number of carbonyl (C=O) groups is 3. The van der Waals surface area contributed by atoms with Gasteiger partial charge in [-0.1, -0.05) is 42.5 Å². The first-order chi connectivity index (χ1) is 14.6. The van der Waals surface area contributed by atoms with Gasteiger partial charge in [-0.2, -0.15) is 0 Å². The molecule has 7 nitrogen and oxygen atoms in total. The van der Waals surface area contributed by atoms with E-state index in [0.717, 1.165) is 16.3 Å². The Morgan fingerprint density at radius 1 is 1.07 bits per heavy atom. The molecule has 152 valence electrons. The predicted molar refractivity (Wildman–Crippen MR) is 115 cm³/mol. The van der Waals surface area contributed by atoms with Crippen molar-refractivity contribution in [3.63, 3.8) is 0 Å². The number of fused-ring (bicyclic) bond motifs is 1. The van der Waals surface area contributed by atoms with E-state index in [1.54, 1.807) is 35.6 Å². The van der Waals surface area contributed by atoms with Crippen LogP contribution >= 0.6 is 11.3 Å². The van der Waals surface area contributed by atoms with Crippen molar-refractivity contribution in [1.29, 1.82) is 0 Å². The molecule has 0 bridgehead atoms. The van der Waals surface area contributed by atoms with E-state index in [4.69, 9.17) is 0 Å². The van der Waals surface area contributed by atoms with Gasteiger partial charge >= 0.3 is 0 Å². The third-order valence-corrected chi connectivity index (χ3v) is 5.63. The Morgan fingerprint density at radius 2 is 1.83 bits per heavy atom. The summed E-state index contributed by atoms with van der Waals surface area (Å²) in [5.74, 6) is -1.09. The number of hydrogen-bond donors (Lipinski definition) is 3. The molecule has 1 aromatic heterocycles. The van der Waals surface area contributed by atoms with Crippen LogP contribution in [0.4, 0.5) is 5.69 Å². The van der Waals surface area contributed by atoms with Crippen molar-refractivity contribution in [3.05, 3.63) is 70.5 Å². The molecule has 0 saturated heterocycles. The lowest BCUT2D eigenvalue weighted by molar-refractivity contribution is -0.125. The molecule has 4 rings (SSSR count). The number of para-hydroxylation sites is 1. The minimum absolute atomic E-state index is 0.126. The van der Waals surface area contributed by atoms with Gasteiger partial charge in [-0.25, -0.2) is 4.98 Å². The van der Waals surface area contributed by atoms with Crippen molar-refractivity contribution in [2.75, 3.05) is 11.9 Å². The number of thiazole rings is 1. The van der Waals surface area contributed by atoms with Crippen LogP contribution in [-0.4, -0.2) is 35.3 Å². The first-order valence-corrected chi connectivity index (χ1v) is 10.5. The van der Waals surface area contributed by atoms with Gasteiger partial charge in [0.05, 0.1) is 28.4 Å². The van der Waals surface area contributed by atoms with E-state index in [1.165, 1.54) is 0 Å². The Kier molecular flexibility index (Phi) is 5.85. The molecule has 0 saturated carbocycles. The van der Waals surface area contributed by atoms with Crippen LogP contribution in [0.15, 0.2) is 60.0 Å². The van der Waals surface area contributed by atoms with Crippen LogP contribution in [0.25, 0.3) is 11.3 Å². The number of nitrogens with zero attached hydrogens (tertiary/aromatic N) is 1. The third kappa shape index (κ3) is 4.55. The van der Waals surface area contributed by atoms with Crippen LogP contribution < -0.4 is 16.0 Å². The highest BCUT2D eigenvalue weighted by Crippen LogP contribution is 2.22. The van der Waals surface area contributed by atoms with Crippen molar-refractivity contribution >= 4 is 34.7 Å². The van der Waals surface area contributed by atoms with Crippen molar-refractivity contribution in [2.24, 2.45) is 0 Å². The molecule has 30 heavy (non-hydrogen) atoms. The number of hydrogen-bond acceptors (Lipinski definition) is 5. The van der Waals surface area contributed by atoms with E-state index in [2.05, 4.69) is 20.9 Å². The van der Waals surface area contributed by atoms with Gasteiger partial charge < -0.3 is 16.0 Å². The lowest BCUT2D eigenvalue weighted by atomic mass is 10.1. The summed E-state index contributed by atoms with van der Waals surface area (Å²) >= 11 is 1.54. The van der Waals surface area contributed by atoms with Gasteiger partial charge in [0.2, 0.25) is 11.8 Å². The molecule has 0 spiro atoms. The SMILES string of the molecule is O=C(CC1NC(=O)c2ccccc2NC1=O)NCCc1nc(-c2ccccc2)cs1. The van der Waals surface area contributed by atoms with Crippen LogP contribution in [0, 0.1) is 0 Å². The van der Waals surface area contributed by atoms with Crippen molar-refractivity contribution < 1.29 is 14.4 Å². The predicted octanol–water partition coefficient (Wildman–Crippen LogP) is 2.61. The summed E-state index contributed by atoms with van der Waals surface area (Å²) in [6.45, 7) is 0.406. The van der Waals surface area contributed by atoms with Crippen molar-refractivity contribution in [2.45, 2.75) is 18.9 Å². The second kappa shape index (κ2) is 8.87. The topological polar surface area (TPSA) is 100 Å². The standard InChI is InChI=1S/C22H20N4O3S/c27-19(12-17-22(29)25-16-9-5-4-8-15(16)21(28)26-17)23-11-10-20-24-18(13-30-20)14-6-2-1-3-7-14/h1-9,13,17H,10-12H2,(H,23,27)(H,25,29)(H,26,28). The highest BCUT2D eigenvalue weighted by Gasteiger charge is 2.29. The van der Waals surface area contributed by atoms with Crippen molar-refractivity contribution in [1.82, 2.24) is 15.6 Å². The van der Waals surface area contributed by atoms with Crippen LogP contribution in [0.5, 0.6) is 0 Å². The molecular formula is C22H20N4O3S. The van der Waals surface area contributed by atoms with E-state index in [0.29, 0.717) is 24.2 Å². The summed E-state index contributed by atoms with van der Waals surface area (Å²) < 4.78 is 0. The van der Waals surface area contributed by atoms with E-state index in [-0.39, 0.29) is 18.2 Å². The Hall–Kier alpha value is -3.52. The Labute approximate surface area is 177 Å². The first kappa shape index (κ1) is 19.8. The molecule has 1 unspecified atom stereocenters. The number of amides is 3. The molecule has 1 aliphatic heterocycles. The monoisotopic (exact) mass is 420 g/mol. The summed E-state index contributed by atoms with van der Waals surface area (Å²) in [6, 6.07) is 15.7. The quantitative estimate of drug-likeness (QED) is 0.571. The lowest BCUT2D eigenvalue weighted by Crippen LogP contribution is -2.44. The maximum absolute atomic E-state index is 12.4. The highest BCUT2D eigenvalue weighted by atomic mass is 32.1. The maximum atomic E-state index is 12.4. The zero-order valence-corrected chi connectivity index (χ0v) is 16.9. The Balaban J connectivity index is 1.29. The van der Waals surface area contributed by atoms with Gasteiger partial charge in [0.1, 0.15) is 6.04 Å². The van der Waals surface area contributed by atoms with Crippen LogP contribution in [0.1, 0.15) is 21.8 Å². The molecule has 8 heteroatoms. The van der Waals surface area contributed by atoms with Gasteiger partial charge in [-0.15, -0.1) is 11.3 Å². The molecule has 3 amide bonds. The van der Waals surface area contributed by atoms with Gasteiger partial charge in [-0.05, 0) is 12.1 Å². The molecule has 0 radical (unpaired) electrons. The highest BCUT2D eigenvalue weighted by molar-refractivity contribution is 7.09. The summed E-state index contributed by atoms with van der Waals surface area (Å²) in [7, 11) is 0. The Morgan fingerprint density at radius 3 is 2.67 bits per heavy atom. The fourth-order valence-electron chi connectivity index (χ4n) is 3.19. The average Bonchev–Trinajstić information content (AvgIpc) is 3.19. The first-order valence-electron chi connectivity index (χ1n) is 9.57. The molecule has 0 fully saturated rings. The smallest absolute Gasteiger partial charge is 0.254 e. The van der Waals surface area contributed by atoms with E-state index in [9.17, 15) is 14.4 Å². The second-order valence-electron chi connectivity index (χ2n) is 6.86. The zero-order chi connectivity index (χ0) is 20.9. The zero-order valence-electron chi connectivity index (χ0n) is 16.1. The third-order valence-electron chi connectivity index (χ3n) is 4.72. The number of nitrogens with one attached hydrogen (secondary N) is 3. The molecule has 3 N–H and O–H groups in total. The average molecular weight is 420 g/mol. The molecule has 3 aromatic rings. The normalized spacial score (nSPS) is 15.5. The largest absolute Gasteiger partial charge is 0.356 e. The molecule has 1 atom stereocenters. The van der Waals surface area contributed by atoms with E-state index < -0.39 is 11.9 Å². The summed E-state index contributed by atoms with van der Waals surface area (Å²) in [5, 5.41) is 11.0. The Bertz CT molecular complexity index is 1080. The second-order valence-corrected chi connectivity index (χ2v) is 7.80. The lowest BCUT2D eigenvalue weighted by Gasteiger charge is -2.14. The molecule has 0 aliphatic carbocycles. The van der Waals surface area contributed by atoms with Crippen LogP contribution in [0.2, 0.25) is 0 Å². The van der Waals surface area contributed by atoms with E-state index in [1.807, 2.05) is 35.7 Å². The molecule has 2 heterocycles. The molecule has 1 aliphatic rings. The van der Waals surface area contributed by atoms with Crippen LogP contribution in [0.3, 0.4) is 0 Å². The summed E-state index contributed by atoms with van der Waals surface area (Å²) in [6.07, 6.45) is 0.469. The number of aromatic nitrogens is 1. The summed E-state index contributed by atoms with van der Waals surface area (Å²) in [5.41, 5.74) is 2.80. The summed E-state index contributed by atoms with van der Waals surface area (Å²) in [4.78, 5) is 41.6. The fourth-order valence-corrected chi connectivity index (χ4v) is 4.00. The number of anilines is 1. The minimum atomic E-state index is -0.922. The van der Waals surface area contributed by atoms with Gasteiger partial charge in [-0.3, -0.25) is 14.4 Å². The molecular weight excluding hydrogens is 400 g/mol. The minimum Gasteiger partial charge on any atom is -0.356 e. The van der Waals surface area contributed by atoms with Gasteiger partial charge in [0.15, 0.2) is 0 Å². The van der Waals surface area contributed by atoms with Gasteiger partial charge in [0, 0.05) is 23.9 Å². The van der Waals surface area contributed by atoms with Crippen molar-refractivity contribution in [3.8, 4) is 11.3 Å². The van der Waals surface area contributed by atoms with Gasteiger partial charge in [0.25, 0.3) is 5.91 Å². The number of carbonyl (C=O) groups excluding carboxylic acids is 3. The maximum Gasteiger partial charge on any atom is 0.254 e. The molecule has 2 aromatic carbocycles. The number of rotatable bonds is 6. The van der Waals surface area contributed by atoms with Crippen LogP contribution in [-0.2, 0) is 16.0 Å².